The lowest BCUT2D eigenvalue weighted by atomic mass is 9.96. The summed E-state index contributed by atoms with van der Waals surface area (Å²) >= 11 is 1.71. The lowest BCUT2D eigenvalue weighted by Crippen LogP contribution is -2.28. The molecule has 1 rings (SSSR count). The highest BCUT2D eigenvalue weighted by Gasteiger charge is 2.16. The molecule has 0 spiro atoms. The van der Waals surface area contributed by atoms with Gasteiger partial charge >= 0.3 is 0 Å². The molecule has 0 atom stereocenters. The van der Waals surface area contributed by atoms with E-state index in [1.807, 2.05) is 13.8 Å². The van der Waals surface area contributed by atoms with Gasteiger partial charge in [0.2, 0.25) is 0 Å². The first kappa shape index (κ1) is 7.76. The summed E-state index contributed by atoms with van der Waals surface area (Å²) in [5.41, 5.74) is 8.30. The number of rotatable bonds is 1. The van der Waals surface area contributed by atoms with E-state index in [4.69, 9.17) is 5.73 Å². The number of thiophene rings is 1. The summed E-state index contributed by atoms with van der Waals surface area (Å²) in [6, 6.07) is 0. The Morgan fingerprint density at radius 2 is 2.00 bits per heavy atom. The van der Waals surface area contributed by atoms with E-state index in [-0.39, 0.29) is 5.54 Å². The van der Waals surface area contributed by atoms with Crippen LogP contribution in [0.25, 0.3) is 0 Å². The monoisotopic (exact) mass is 155 g/mol. The fraction of sp³-hybridized carbons (Fsp3) is 0.500. The highest BCUT2D eigenvalue weighted by molar-refractivity contribution is 7.08. The second-order valence-electron chi connectivity index (χ2n) is 3.19. The van der Waals surface area contributed by atoms with Crippen molar-refractivity contribution in [3.63, 3.8) is 0 Å². The standard InChI is InChI=1S/C8H13NS/c1-6-4-10-5-7(6)8(2,3)9/h4-5H,9H2,1-3H3. The number of hydrogen-bond acceptors (Lipinski definition) is 2. The molecule has 0 bridgehead atoms. The van der Waals surface area contributed by atoms with Crippen LogP contribution in [0.3, 0.4) is 0 Å². The van der Waals surface area contributed by atoms with Gasteiger partial charge in [0.25, 0.3) is 0 Å². The minimum Gasteiger partial charge on any atom is -0.322 e. The second kappa shape index (κ2) is 2.36. The first-order valence-corrected chi connectivity index (χ1v) is 4.28. The summed E-state index contributed by atoms with van der Waals surface area (Å²) < 4.78 is 0. The lowest BCUT2D eigenvalue weighted by Gasteiger charge is -2.18. The van der Waals surface area contributed by atoms with Gasteiger partial charge in [0.1, 0.15) is 0 Å². The zero-order valence-corrected chi connectivity index (χ0v) is 7.46. The van der Waals surface area contributed by atoms with Gasteiger partial charge in [0, 0.05) is 5.54 Å². The van der Waals surface area contributed by atoms with Gasteiger partial charge in [-0.2, -0.15) is 11.3 Å². The molecule has 0 fully saturated rings. The first-order valence-electron chi connectivity index (χ1n) is 3.34. The summed E-state index contributed by atoms with van der Waals surface area (Å²) in [5.74, 6) is 0. The maximum Gasteiger partial charge on any atom is 0.0363 e. The Kier molecular flexibility index (Phi) is 1.84. The Hall–Kier alpha value is -0.340. The van der Waals surface area contributed by atoms with Crippen LogP contribution in [0.1, 0.15) is 25.0 Å². The first-order chi connectivity index (χ1) is 4.52. The third-order valence-electron chi connectivity index (χ3n) is 1.55. The van der Waals surface area contributed by atoms with Crippen LogP contribution < -0.4 is 5.73 Å². The Labute approximate surface area is 65.9 Å². The summed E-state index contributed by atoms with van der Waals surface area (Å²) in [7, 11) is 0. The predicted molar refractivity (Wildman–Crippen MR) is 46.3 cm³/mol. The molecule has 56 valence electrons. The summed E-state index contributed by atoms with van der Waals surface area (Å²) in [6.45, 7) is 6.16. The van der Waals surface area contributed by atoms with Crippen LogP contribution in [0.2, 0.25) is 0 Å². The third-order valence-corrected chi connectivity index (χ3v) is 2.41. The van der Waals surface area contributed by atoms with Crippen molar-refractivity contribution in [2.24, 2.45) is 5.73 Å². The van der Waals surface area contributed by atoms with Crippen molar-refractivity contribution < 1.29 is 0 Å². The van der Waals surface area contributed by atoms with Crippen LogP contribution in [0.5, 0.6) is 0 Å². The van der Waals surface area contributed by atoms with Gasteiger partial charge in [-0.15, -0.1) is 0 Å². The van der Waals surface area contributed by atoms with Crippen LogP contribution in [0.4, 0.5) is 0 Å². The van der Waals surface area contributed by atoms with Gasteiger partial charge < -0.3 is 5.73 Å². The fourth-order valence-corrected chi connectivity index (χ4v) is 2.05. The number of nitrogens with two attached hydrogens (primary N) is 1. The Morgan fingerprint density at radius 3 is 2.20 bits per heavy atom. The van der Waals surface area contributed by atoms with Gasteiger partial charge in [0.15, 0.2) is 0 Å². The molecule has 2 heteroatoms. The van der Waals surface area contributed by atoms with E-state index in [1.54, 1.807) is 11.3 Å². The highest BCUT2D eigenvalue weighted by atomic mass is 32.1. The van der Waals surface area contributed by atoms with Crippen molar-refractivity contribution in [2.45, 2.75) is 26.3 Å². The van der Waals surface area contributed by atoms with Gasteiger partial charge in [-0.25, -0.2) is 0 Å². The van der Waals surface area contributed by atoms with Crippen molar-refractivity contribution in [1.29, 1.82) is 0 Å². The largest absolute Gasteiger partial charge is 0.322 e. The quantitative estimate of drug-likeness (QED) is 0.661. The molecule has 0 aliphatic carbocycles. The zero-order valence-electron chi connectivity index (χ0n) is 6.64. The molecule has 1 aromatic rings. The lowest BCUT2D eigenvalue weighted by molar-refractivity contribution is 0.553. The van der Waals surface area contributed by atoms with E-state index in [0.29, 0.717) is 0 Å². The zero-order chi connectivity index (χ0) is 7.78. The minimum absolute atomic E-state index is 0.177. The van der Waals surface area contributed by atoms with Crippen LogP contribution in [0, 0.1) is 6.92 Å². The maximum absolute atomic E-state index is 5.91. The van der Waals surface area contributed by atoms with Crippen molar-refractivity contribution in [3.05, 3.63) is 21.9 Å². The molecule has 0 aromatic carbocycles. The van der Waals surface area contributed by atoms with E-state index in [9.17, 15) is 0 Å². The highest BCUT2D eigenvalue weighted by Crippen LogP contribution is 2.23. The topological polar surface area (TPSA) is 26.0 Å². The average molecular weight is 155 g/mol. The Morgan fingerprint density at radius 1 is 1.40 bits per heavy atom. The van der Waals surface area contributed by atoms with Crippen LogP contribution in [-0.2, 0) is 5.54 Å². The van der Waals surface area contributed by atoms with Gasteiger partial charge in [-0.3, -0.25) is 0 Å². The van der Waals surface area contributed by atoms with E-state index < -0.39 is 0 Å². The number of hydrogen-bond donors (Lipinski definition) is 1. The molecule has 0 aliphatic rings. The maximum atomic E-state index is 5.91. The molecule has 0 aliphatic heterocycles. The Balaban J connectivity index is 3.05. The normalized spacial score (nSPS) is 12.0. The van der Waals surface area contributed by atoms with Gasteiger partial charge in [0.05, 0.1) is 0 Å². The molecule has 2 N–H and O–H groups in total. The molecule has 0 amide bonds. The van der Waals surface area contributed by atoms with Crippen molar-refractivity contribution >= 4 is 11.3 Å². The predicted octanol–water partition coefficient (Wildman–Crippen LogP) is 2.25. The molecular weight excluding hydrogens is 142 g/mol. The SMILES string of the molecule is Cc1cscc1C(C)(C)N. The summed E-state index contributed by atoms with van der Waals surface area (Å²) in [4.78, 5) is 0. The second-order valence-corrected chi connectivity index (χ2v) is 3.93. The molecule has 0 unspecified atom stereocenters. The van der Waals surface area contributed by atoms with Crippen LogP contribution in [-0.4, -0.2) is 0 Å². The Bertz CT molecular complexity index is 219. The molecule has 0 saturated carbocycles. The summed E-state index contributed by atoms with van der Waals surface area (Å²) in [6.07, 6.45) is 0. The van der Waals surface area contributed by atoms with Crippen molar-refractivity contribution in [2.75, 3.05) is 0 Å². The van der Waals surface area contributed by atoms with Crippen LogP contribution >= 0.6 is 11.3 Å². The molecule has 10 heavy (non-hydrogen) atoms. The van der Waals surface area contributed by atoms with Crippen LogP contribution in [0.15, 0.2) is 10.8 Å². The molecule has 1 nitrogen and oxygen atoms in total. The van der Waals surface area contributed by atoms with Gasteiger partial charge in [-0.05, 0) is 42.7 Å². The molecule has 0 radical (unpaired) electrons. The number of aryl methyl sites for hydroxylation is 1. The fourth-order valence-electron chi connectivity index (χ4n) is 1.02. The molecular formula is C8H13NS. The third kappa shape index (κ3) is 1.39. The molecule has 1 aromatic heterocycles. The minimum atomic E-state index is -0.177. The van der Waals surface area contributed by atoms with E-state index in [1.165, 1.54) is 11.1 Å². The van der Waals surface area contributed by atoms with E-state index >= 15 is 0 Å². The van der Waals surface area contributed by atoms with Gasteiger partial charge in [-0.1, -0.05) is 0 Å². The van der Waals surface area contributed by atoms with E-state index in [2.05, 4.69) is 17.7 Å². The smallest absolute Gasteiger partial charge is 0.0363 e. The molecule has 0 saturated heterocycles. The van der Waals surface area contributed by atoms with Crippen molar-refractivity contribution in [1.82, 2.24) is 0 Å². The van der Waals surface area contributed by atoms with Crippen molar-refractivity contribution in [3.8, 4) is 0 Å². The molecule has 1 heterocycles. The average Bonchev–Trinajstić information content (AvgIpc) is 2.11. The summed E-state index contributed by atoms with van der Waals surface area (Å²) in [5, 5.41) is 4.25. The van der Waals surface area contributed by atoms with E-state index in [0.717, 1.165) is 0 Å².